The lowest BCUT2D eigenvalue weighted by molar-refractivity contribution is 0.217. The minimum absolute atomic E-state index is 0.142. The summed E-state index contributed by atoms with van der Waals surface area (Å²) >= 11 is 5.58. The van der Waals surface area contributed by atoms with E-state index in [1.807, 2.05) is 13.8 Å². The summed E-state index contributed by atoms with van der Waals surface area (Å²) < 4.78 is 18.6. The number of halogens is 2. The lowest BCUT2D eigenvalue weighted by Gasteiger charge is -2.13. The molecule has 1 nitrogen and oxygen atoms in total. The highest BCUT2D eigenvalue weighted by atomic mass is 35.5. The molecule has 1 aromatic rings. The molecule has 0 amide bonds. The van der Waals surface area contributed by atoms with Gasteiger partial charge in [0.15, 0.2) is 0 Å². The van der Waals surface area contributed by atoms with Crippen LogP contribution in [0.5, 0.6) is 5.75 Å². The third-order valence-corrected chi connectivity index (χ3v) is 2.36. The van der Waals surface area contributed by atoms with Crippen LogP contribution in [0.3, 0.4) is 0 Å². The molecule has 1 atom stereocenters. The Kier molecular flexibility index (Phi) is 4.21. The number of benzene rings is 1. The minimum Gasteiger partial charge on any atom is -0.491 e. The van der Waals surface area contributed by atoms with Crippen LogP contribution in [0.25, 0.3) is 0 Å². The molecule has 0 unspecified atom stereocenters. The number of rotatable bonds is 4. The van der Waals surface area contributed by atoms with Crippen molar-refractivity contribution in [1.29, 1.82) is 0 Å². The molecule has 0 fully saturated rings. The lowest BCUT2D eigenvalue weighted by Crippen LogP contribution is -2.09. The van der Waals surface area contributed by atoms with Gasteiger partial charge in [-0.3, -0.25) is 0 Å². The summed E-state index contributed by atoms with van der Waals surface area (Å²) in [4.78, 5) is 0. The number of hydrogen-bond acceptors (Lipinski definition) is 1. The van der Waals surface area contributed by atoms with E-state index in [1.165, 1.54) is 6.07 Å². The molecule has 0 radical (unpaired) electrons. The van der Waals surface area contributed by atoms with Crippen LogP contribution in [0, 0.1) is 5.82 Å². The van der Waals surface area contributed by atoms with E-state index in [2.05, 4.69) is 0 Å². The van der Waals surface area contributed by atoms with Crippen molar-refractivity contribution in [3.05, 3.63) is 29.6 Å². The molecule has 0 heterocycles. The Morgan fingerprint density at radius 2 is 2.21 bits per heavy atom. The highest BCUT2D eigenvalue weighted by Crippen LogP contribution is 2.19. The fraction of sp³-hybridized carbons (Fsp3) is 0.455. The second-order valence-corrected chi connectivity index (χ2v) is 3.49. The molecule has 0 aliphatic rings. The molecular weight excluding hydrogens is 203 g/mol. The van der Waals surface area contributed by atoms with Crippen LogP contribution in [0.2, 0.25) is 0 Å². The molecule has 0 aliphatic heterocycles. The predicted octanol–water partition coefficient (Wildman–Crippen LogP) is 3.74. The van der Waals surface area contributed by atoms with Crippen LogP contribution in [-0.2, 0) is 5.88 Å². The molecule has 3 heteroatoms. The maximum absolute atomic E-state index is 13.0. The van der Waals surface area contributed by atoms with Crippen LogP contribution < -0.4 is 4.74 Å². The maximum Gasteiger partial charge on any atom is 0.127 e. The minimum atomic E-state index is -0.281. The molecule has 0 N–H and O–H groups in total. The molecule has 0 aromatic heterocycles. The Morgan fingerprint density at radius 1 is 1.50 bits per heavy atom. The van der Waals surface area contributed by atoms with Crippen molar-refractivity contribution in [2.75, 3.05) is 0 Å². The summed E-state index contributed by atoms with van der Waals surface area (Å²) in [5, 5.41) is 0. The molecular formula is C11H14ClFO. The molecule has 0 bridgehead atoms. The van der Waals surface area contributed by atoms with E-state index in [0.29, 0.717) is 11.3 Å². The first kappa shape index (κ1) is 11.3. The van der Waals surface area contributed by atoms with E-state index in [-0.39, 0.29) is 17.8 Å². The van der Waals surface area contributed by atoms with E-state index in [0.717, 1.165) is 6.42 Å². The van der Waals surface area contributed by atoms with E-state index in [4.69, 9.17) is 16.3 Å². The van der Waals surface area contributed by atoms with Crippen molar-refractivity contribution < 1.29 is 9.13 Å². The zero-order valence-electron chi connectivity index (χ0n) is 8.39. The largest absolute Gasteiger partial charge is 0.491 e. The summed E-state index contributed by atoms with van der Waals surface area (Å²) in [7, 11) is 0. The molecule has 78 valence electrons. The quantitative estimate of drug-likeness (QED) is 0.697. The zero-order valence-corrected chi connectivity index (χ0v) is 9.14. The van der Waals surface area contributed by atoms with Gasteiger partial charge in [0.05, 0.1) is 12.0 Å². The van der Waals surface area contributed by atoms with E-state index in [1.54, 1.807) is 12.1 Å². The van der Waals surface area contributed by atoms with Crippen LogP contribution in [-0.4, -0.2) is 6.10 Å². The van der Waals surface area contributed by atoms with Crippen molar-refractivity contribution >= 4 is 11.6 Å². The smallest absolute Gasteiger partial charge is 0.127 e. The molecule has 1 rings (SSSR count). The fourth-order valence-electron chi connectivity index (χ4n) is 1.04. The molecule has 14 heavy (non-hydrogen) atoms. The van der Waals surface area contributed by atoms with Crippen LogP contribution in [0.1, 0.15) is 25.8 Å². The van der Waals surface area contributed by atoms with E-state index >= 15 is 0 Å². The van der Waals surface area contributed by atoms with Gasteiger partial charge in [-0.25, -0.2) is 4.39 Å². The summed E-state index contributed by atoms with van der Waals surface area (Å²) in [6, 6.07) is 4.65. The standard InChI is InChI=1S/C11H14ClFO/c1-3-8(2)14-10-4-5-11(13)9(6-10)7-12/h4-6,8H,3,7H2,1-2H3/t8-/m1/s1. The first-order chi connectivity index (χ1) is 6.67. The second-order valence-electron chi connectivity index (χ2n) is 3.22. The van der Waals surface area contributed by atoms with Gasteiger partial charge in [0, 0.05) is 5.56 Å². The van der Waals surface area contributed by atoms with Crippen LogP contribution >= 0.6 is 11.6 Å². The normalized spacial score (nSPS) is 12.6. The summed E-state index contributed by atoms with van der Waals surface area (Å²) in [5.41, 5.74) is 0.479. The second kappa shape index (κ2) is 5.20. The SMILES string of the molecule is CC[C@@H](C)Oc1ccc(F)c(CCl)c1. The van der Waals surface area contributed by atoms with Crippen molar-refractivity contribution in [1.82, 2.24) is 0 Å². The van der Waals surface area contributed by atoms with Gasteiger partial charge in [-0.15, -0.1) is 11.6 Å². The van der Waals surface area contributed by atoms with Crippen molar-refractivity contribution in [3.63, 3.8) is 0 Å². The number of alkyl halides is 1. The Morgan fingerprint density at radius 3 is 2.79 bits per heavy atom. The third-order valence-electron chi connectivity index (χ3n) is 2.07. The lowest BCUT2D eigenvalue weighted by atomic mass is 10.2. The zero-order chi connectivity index (χ0) is 10.6. The molecule has 0 saturated carbocycles. The Balaban J connectivity index is 2.79. The van der Waals surface area contributed by atoms with Crippen LogP contribution in [0.15, 0.2) is 18.2 Å². The average molecular weight is 217 g/mol. The van der Waals surface area contributed by atoms with Gasteiger partial charge >= 0.3 is 0 Å². The van der Waals surface area contributed by atoms with Gasteiger partial charge < -0.3 is 4.74 Å². The molecule has 0 spiro atoms. The summed E-state index contributed by atoms with van der Waals surface area (Å²) in [6.45, 7) is 4.01. The fourth-order valence-corrected chi connectivity index (χ4v) is 1.25. The summed E-state index contributed by atoms with van der Waals surface area (Å²) in [6.07, 6.45) is 1.07. The Hall–Kier alpha value is -0.760. The highest BCUT2D eigenvalue weighted by Gasteiger charge is 2.05. The highest BCUT2D eigenvalue weighted by molar-refractivity contribution is 6.17. The van der Waals surface area contributed by atoms with Gasteiger partial charge in [0.25, 0.3) is 0 Å². The summed E-state index contributed by atoms with van der Waals surface area (Å²) in [5.74, 6) is 0.566. The Labute approximate surface area is 88.8 Å². The van der Waals surface area contributed by atoms with Crippen molar-refractivity contribution in [2.24, 2.45) is 0 Å². The first-order valence-electron chi connectivity index (χ1n) is 4.68. The topological polar surface area (TPSA) is 9.23 Å². The first-order valence-corrected chi connectivity index (χ1v) is 5.21. The average Bonchev–Trinajstić information content (AvgIpc) is 2.20. The predicted molar refractivity (Wildman–Crippen MR) is 56.3 cm³/mol. The number of hydrogen-bond donors (Lipinski definition) is 0. The number of ether oxygens (including phenoxy) is 1. The van der Waals surface area contributed by atoms with E-state index in [9.17, 15) is 4.39 Å². The van der Waals surface area contributed by atoms with E-state index < -0.39 is 0 Å². The maximum atomic E-state index is 13.0. The molecule has 0 aliphatic carbocycles. The van der Waals surface area contributed by atoms with Gasteiger partial charge in [-0.2, -0.15) is 0 Å². The molecule has 1 aromatic carbocycles. The Bertz CT molecular complexity index is 301. The van der Waals surface area contributed by atoms with Gasteiger partial charge in [-0.05, 0) is 31.5 Å². The van der Waals surface area contributed by atoms with Gasteiger partial charge in [-0.1, -0.05) is 6.92 Å². The monoisotopic (exact) mass is 216 g/mol. The third kappa shape index (κ3) is 2.88. The molecule has 0 saturated heterocycles. The van der Waals surface area contributed by atoms with Gasteiger partial charge in [0.1, 0.15) is 11.6 Å². The van der Waals surface area contributed by atoms with Crippen molar-refractivity contribution in [3.8, 4) is 5.75 Å². The van der Waals surface area contributed by atoms with Gasteiger partial charge in [0.2, 0.25) is 0 Å². The van der Waals surface area contributed by atoms with Crippen molar-refractivity contribution in [2.45, 2.75) is 32.3 Å². The van der Waals surface area contributed by atoms with Crippen LogP contribution in [0.4, 0.5) is 4.39 Å².